The second kappa shape index (κ2) is 9.50. The first-order valence-corrected chi connectivity index (χ1v) is 13.1. The zero-order valence-corrected chi connectivity index (χ0v) is 20.2. The van der Waals surface area contributed by atoms with Gasteiger partial charge < -0.3 is 19.1 Å². The molecule has 0 bridgehead atoms. The number of nitrogens with zero attached hydrogens (tertiary/aromatic N) is 2. The second-order valence-corrected chi connectivity index (χ2v) is 10.9. The lowest BCUT2D eigenvalue weighted by Crippen LogP contribution is -2.52. The molecule has 3 heterocycles. The zero-order chi connectivity index (χ0) is 23.8. The molecule has 0 spiro atoms. The van der Waals surface area contributed by atoms with Crippen molar-refractivity contribution in [3.8, 4) is 11.5 Å². The van der Waals surface area contributed by atoms with Gasteiger partial charge in [0.1, 0.15) is 19.3 Å². The third-order valence-electron chi connectivity index (χ3n) is 6.68. The van der Waals surface area contributed by atoms with E-state index in [0.717, 1.165) is 19.3 Å². The van der Waals surface area contributed by atoms with Crippen LogP contribution in [0.25, 0.3) is 0 Å². The van der Waals surface area contributed by atoms with Gasteiger partial charge in [-0.15, -0.1) is 0 Å². The van der Waals surface area contributed by atoms with Gasteiger partial charge in [-0.3, -0.25) is 9.59 Å². The summed E-state index contributed by atoms with van der Waals surface area (Å²) < 4.78 is 44.3. The quantitative estimate of drug-likeness (QED) is 0.596. The maximum atomic E-state index is 13.3. The summed E-state index contributed by atoms with van der Waals surface area (Å²) in [5.74, 6) is -0.0650. The van der Waals surface area contributed by atoms with Crippen molar-refractivity contribution in [3.05, 3.63) is 18.2 Å². The van der Waals surface area contributed by atoms with Crippen LogP contribution in [0.2, 0.25) is 0 Å². The molecule has 1 aromatic rings. The molecule has 2 saturated heterocycles. The van der Waals surface area contributed by atoms with E-state index in [0.29, 0.717) is 37.6 Å². The van der Waals surface area contributed by atoms with Crippen LogP contribution in [-0.2, 0) is 24.3 Å². The molecule has 1 amide bonds. The van der Waals surface area contributed by atoms with E-state index in [2.05, 4.69) is 0 Å². The molecule has 0 aliphatic carbocycles. The first-order chi connectivity index (χ1) is 15.7. The van der Waals surface area contributed by atoms with Crippen molar-refractivity contribution in [2.45, 2.75) is 82.0 Å². The largest absolute Gasteiger partial charge is 0.486 e. The molecule has 0 saturated carbocycles. The molecule has 4 rings (SSSR count). The van der Waals surface area contributed by atoms with Gasteiger partial charge in [-0.25, -0.2) is 8.42 Å². The van der Waals surface area contributed by atoms with Crippen molar-refractivity contribution in [1.29, 1.82) is 0 Å². The zero-order valence-electron chi connectivity index (χ0n) is 19.4. The van der Waals surface area contributed by atoms with E-state index < -0.39 is 28.1 Å². The smallest absolute Gasteiger partial charge is 0.325 e. The molecule has 9 nitrogen and oxygen atoms in total. The minimum atomic E-state index is -3.96. The fourth-order valence-electron chi connectivity index (χ4n) is 4.95. The lowest BCUT2D eigenvalue weighted by Gasteiger charge is -2.40. The number of benzene rings is 1. The van der Waals surface area contributed by atoms with Crippen molar-refractivity contribution < 1.29 is 32.2 Å². The molecular weight excluding hydrogens is 448 g/mol. The van der Waals surface area contributed by atoms with Gasteiger partial charge in [-0.2, -0.15) is 4.31 Å². The Hall–Kier alpha value is -2.33. The molecule has 0 aromatic heterocycles. The fourth-order valence-corrected chi connectivity index (χ4v) is 6.61. The predicted molar refractivity (Wildman–Crippen MR) is 120 cm³/mol. The number of hydrogen-bond donors (Lipinski definition) is 0. The van der Waals surface area contributed by atoms with Crippen LogP contribution < -0.4 is 9.47 Å². The van der Waals surface area contributed by atoms with Crippen LogP contribution in [0.3, 0.4) is 0 Å². The Kier molecular flexibility index (Phi) is 6.86. The molecule has 33 heavy (non-hydrogen) atoms. The van der Waals surface area contributed by atoms with E-state index in [4.69, 9.17) is 14.2 Å². The number of carbonyl (C=O) groups excluding carboxylic acids is 2. The van der Waals surface area contributed by atoms with Gasteiger partial charge in [-0.1, -0.05) is 0 Å². The van der Waals surface area contributed by atoms with E-state index >= 15 is 0 Å². The molecule has 2 fully saturated rings. The van der Waals surface area contributed by atoms with Crippen LogP contribution in [0, 0.1) is 0 Å². The number of hydrogen-bond acceptors (Lipinski definition) is 7. The summed E-state index contributed by atoms with van der Waals surface area (Å²) in [7, 11) is -3.96. The van der Waals surface area contributed by atoms with Crippen molar-refractivity contribution in [2.24, 2.45) is 0 Å². The third-order valence-corrected chi connectivity index (χ3v) is 8.59. The Morgan fingerprint density at radius 1 is 1.03 bits per heavy atom. The average molecular weight is 481 g/mol. The Bertz CT molecular complexity index is 1000. The minimum Gasteiger partial charge on any atom is -0.486 e. The highest BCUT2D eigenvalue weighted by Crippen LogP contribution is 2.35. The second-order valence-electron chi connectivity index (χ2n) is 9.03. The summed E-state index contributed by atoms with van der Waals surface area (Å²) in [6.07, 6.45) is 2.81. The van der Waals surface area contributed by atoms with E-state index in [1.807, 2.05) is 13.8 Å². The summed E-state index contributed by atoms with van der Waals surface area (Å²) in [4.78, 5) is 27.8. The summed E-state index contributed by atoms with van der Waals surface area (Å²) in [5, 5.41) is 0. The van der Waals surface area contributed by atoms with Crippen molar-refractivity contribution >= 4 is 21.9 Å². The van der Waals surface area contributed by atoms with Crippen molar-refractivity contribution in [3.63, 3.8) is 0 Å². The predicted octanol–water partition coefficient (Wildman–Crippen LogP) is 2.33. The van der Waals surface area contributed by atoms with Crippen LogP contribution in [0.1, 0.15) is 52.9 Å². The molecule has 1 aromatic carbocycles. The SMILES string of the molecule is C[C@@H]1CCC[C@H](C)N1C(=O)[C@@H](C)OC(=O)[C@@H]1CCCN1S(=O)(=O)c1ccc2c(c1)OCCO2. The molecule has 3 aliphatic heterocycles. The number of rotatable bonds is 5. The third kappa shape index (κ3) is 4.68. The molecular formula is C23H32N2O7S. The number of ether oxygens (including phenoxy) is 3. The molecule has 0 unspecified atom stereocenters. The van der Waals surface area contributed by atoms with E-state index in [9.17, 15) is 18.0 Å². The molecule has 4 atom stereocenters. The van der Waals surface area contributed by atoms with Crippen LogP contribution in [0.15, 0.2) is 23.1 Å². The summed E-state index contributed by atoms with van der Waals surface area (Å²) in [6, 6.07) is 3.65. The van der Waals surface area contributed by atoms with Gasteiger partial charge in [0.2, 0.25) is 10.0 Å². The highest BCUT2D eigenvalue weighted by molar-refractivity contribution is 7.89. The normalized spacial score (nSPS) is 26.6. The van der Waals surface area contributed by atoms with Crippen LogP contribution in [-0.4, -0.2) is 73.5 Å². The number of fused-ring (bicyclic) bond motifs is 1. The van der Waals surface area contributed by atoms with Crippen LogP contribution >= 0.6 is 0 Å². The van der Waals surface area contributed by atoms with Gasteiger partial charge in [0, 0.05) is 24.7 Å². The molecule has 3 aliphatic rings. The van der Waals surface area contributed by atoms with Crippen molar-refractivity contribution in [1.82, 2.24) is 9.21 Å². The number of carbonyl (C=O) groups is 2. The lowest BCUT2D eigenvalue weighted by molar-refractivity contribution is -0.164. The van der Waals surface area contributed by atoms with E-state index in [1.54, 1.807) is 17.9 Å². The van der Waals surface area contributed by atoms with E-state index in [-0.39, 0.29) is 29.4 Å². The Morgan fingerprint density at radius 3 is 2.39 bits per heavy atom. The first kappa shape index (κ1) is 23.8. The maximum Gasteiger partial charge on any atom is 0.325 e. The van der Waals surface area contributed by atoms with E-state index in [1.165, 1.54) is 16.4 Å². The van der Waals surface area contributed by atoms with Crippen LogP contribution in [0.4, 0.5) is 0 Å². The maximum absolute atomic E-state index is 13.3. The Labute approximate surface area is 195 Å². The molecule has 0 N–H and O–H groups in total. The van der Waals surface area contributed by atoms with Gasteiger partial charge in [0.25, 0.3) is 5.91 Å². The van der Waals surface area contributed by atoms with Gasteiger partial charge in [0.15, 0.2) is 17.6 Å². The van der Waals surface area contributed by atoms with Gasteiger partial charge >= 0.3 is 5.97 Å². The van der Waals surface area contributed by atoms with Crippen molar-refractivity contribution in [2.75, 3.05) is 19.8 Å². The Morgan fingerprint density at radius 2 is 1.70 bits per heavy atom. The number of piperidine rings is 1. The monoisotopic (exact) mass is 480 g/mol. The number of esters is 1. The lowest BCUT2D eigenvalue weighted by atomic mass is 9.97. The molecule has 0 radical (unpaired) electrons. The fraction of sp³-hybridized carbons (Fsp3) is 0.652. The standard InChI is InChI=1S/C23H32N2O7S/c1-15-6-4-7-16(2)25(15)22(26)17(3)32-23(27)19-8-5-11-24(19)33(28,29)18-9-10-20-21(14-18)31-13-12-30-20/h9-10,14-17,19H,4-8,11-13H2,1-3H3/t15-,16+,17-,19+/m1/s1. The summed E-state index contributed by atoms with van der Waals surface area (Å²) in [5.41, 5.74) is 0. The first-order valence-electron chi connectivity index (χ1n) is 11.6. The van der Waals surface area contributed by atoms with Gasteiger partial charge in [0.05, 0.1) is 4.90 Å². The minimum absolute atomic E-state index is 0.0338. The molecule has 10 heteroatoms. The van der Waals surface area contributed by atoms with Gasteiger partial charge in [-0.05, 0) is 65.0 Å². The Balaban J connectivity index is 1.47. The number of likely N-dealkylation sites (tertiary alicyclic amines) is 1. The highest BCUT2D eigenvalue weighted by Gasteiger charge is 2.42. The van der Waals surface area contributed by atoms with Crippen LogP contribution in [0.5, 0.6) is 11.5 Å². The number of sulfonamides is 1. The molecule has 182 valence electrons. The average Bonchev–Trinajstić information content (AvgIpc) is 3.29. The summed E-state index contributed by atoms with van der Waals surface area (Å²) in [6.45, 7) is 6.52. The topological polar surface area (TPSA) is 102 Å². The highest BCUT2D eigenvalue weighted by atomic mass is 32.2. The summed E-state index contributed by atoms with van der Waals surface area (Å²) >= 11 is 0. The number of amides is 1.